The summed E-state index contributed by atoms with van der Waals surface area (Å²) in [7, 11) is -2.34. The molecule has 1 saturated heterocycles. The van der Waals surface area contributed by atoms with Crippen molar-refractivity contribution >= 4 is 27.7 Å². The minimum atomic E-state index is -3.75. The minimum Gasteiger partial charge on any atom is -0.495 e. The molecule has 0 atom stereocenters. The van der Waals surface area contributed by atoms with Crippen molar-refractivity contribution in [3.05, 3.63) is 23.8 Å². The molecule has 134 valence electrons. The molecule has 0 aliphatic carbocycles. The molecule has 6 nitrogen and oxygen atoms in total. The van der Waals surface area contributed by atoms with Crippen LogP contribution in [0.1, 0.15) is 37.0 Å². The van der Waals surface area contributed by atoms with Crippen LogP contribution < -0.4 is 14.8 Å². The lowest BCUT2D eigenvalue weighted by Gasteiger charge is -2.22. The summed E-state index contributed by atoms with van der Waals surface area (Å²) in [5, 5.41) is 2.98. The topological polar surface area (TPSA) is 84.5 Å². The molecule has 0 saturated carbocycles. The van der Waals surface area contributed by atoms with E-state index in [2.05, 4.69) is 10.0 Å². The van der Waals surface area contributed by atoms with Gasteiger partial charge >= 0.3 is 0 Å². The zero-order valence-corrected chi connectivity index (χ0v) is 15.8. The Balaban J connectivity index is 2.25. The second kappa shape index (κ2) is 8.22. The Morgan fingerprint density at radius 2 is 1.96 bits per heavy atom. The number of thioether (sulfide) groups is 1. The van der Waals surface area contributed by atoms with Gasteiger partial charge < -0.3 is 10.1 Å². The lowest BCUT2D eigenvalue weighted by Crippen LogP contribution is -2.37. The largest absolute Gasteiger partial charge is 0.495 e. The molecule has 1 heterocycles. The van der Waals surface area contributed by atoms with Crippen molar-refractivity contribution in [2.45, 2.75) is 43.7 Å². The highest BCUT2D eigenvalue weighted by molar-refractivity contribution is 7.99. The first-order chi connectivity index (χ1) is 11.3. The maximum atomic E-state index is 12.5. The van der Waals surface area contributed by atoms with Crippen molar-refractivity contribution in [3.63, 3.8) is 0 Å². The predicted molar refractivity (Wildman–Crippen MR) is 96.3 cm³/mol. The van der Waals surface area contributed by atoms with E-state index in [0.29, 0.717) is 5.56 Å². The normalized spacial score (nSPS) is 16.2. The first-order valence-corrected chi connectivity index (χ1v) is 10.6. The summed E-state index contributed by atoms with van der Waals surface area (Å²) in [4.78, 5) is 12.4. The molecule has 24 heavy (non-hydrogen) atoms. The number of hydrogen-bond donors (Lipinski definition) is 2. The standard InChI is InChI=1S/C16H24N2O4S2/c1-11(2)18-24(20,21)15-10-12(4-5-14(15)22-3)16(19)17-13-6-8-23-9-7-13/h4-5,10-11,13,18H,6-9H2,1-3H3,(H,17,19). The van der Waals surface area contributed by atoms with Crippen LogP contribution in [0, 0.1) is 0 Å². The number of carbonyl (C=O) groups is 1. The molecule has 1 aromatic rings. The molecule has 0 unspecified atom stereocenters. The lowest BCUT2D eigenvalue weighted by molar-refractivity contribution is 0.0934. The molecule has 0 spiro atoms. The number of hydrogen-bond acceptors (Lipinski definition) is 5. The van der Waals surface area contributed by atoms with Gasteiger partial charge in [-0.2, -0.15) is 11.8 Å². The van der Waals surface area contributed by atoms with Crippen molar-refractivity contribution in [3.8, 4) is 5.75 Å². The van der Waals surface area contributed by atoms with Crippen LogP contribution in [-0.2, 0) is 10.0 Å². The van der Waals surface area contributed by atoms with Crippen LogP contribution in [0.5, 0.6) is 5.75 Å². The fourth-order valence-corrected chi connectivity index (χ4v) is 5.06. The van der Waals surface area contributed by atoms with E-state index in [9.17, 15) is 13.2 Å². The third-order valence-corrected chi connectivity index (χ3v) is 6.39. The van der Waals surface area contributed by atoms with Gasteiger partial charge in [0.05, 0.1) is 7.11 Å². The van der Waals surface area contributed by atoms with Gasteiger partial charge in [0.1, 0.15) is 10.6 Å². The van der Waals surface area contributed by atoms with Gasteiger partial charge in [0, 0.05) is 17.6 Å². The van der Waals surface area contributed by atoms with Crippen LogP contribution in [0.3, 0.4) is 0 Å². The highest BCUT2D eigenvalue weighted by atomic mass is 32.2. The van der Waals surface area contributed by atoms with Crippen LogP contribution in [0.4, 0.5) is 0 Å². The maximum absolute atomic E-state index is 12.5. The molecule has 1 fully saturated rings. The number of carbonyl (C=O) groups excluding carboxylic acids is 1. The van der Waals surface area contributed by atoms with Gasteiger partial charge in [-0.05, 0) is 56.4 Å². The summed E-state index contributed by atoms with van der Waals surface area (Å²) in [5.41, 5.74) is 0.318. The third-order valence-electron chi connectivity index (χ3n) is 3.66. The van der Waals surface area contributed by atoms with Crippen LogP contribution in [0.15, 0.2) is 23.1 Å². The van der Waals surface area contributed by atoms with Crippen molar-refractivity contribution in [1.82, 2.24) is 10.0 Å². The fourth-order valence-electron chi connectivity index (χ4n) is 2.51. The Morgan fingerprint density at radius 3 is 2.54 bits per heavy atom. The second-order valence-corrected chi connectivity index (χ2v) is 8.91. The lowest BCUT2D eigenvalue weighted by atomic mass is 10.1. The van der Waals surface area contributed by atoms with Gasteiger partial charge in [0.2, 0.25) is 10.0 Å². The Hall–Kier alpha value is -1.25. The first-order valence-electron chi connectivity index (χ1n) is 7.92. The molecule has 1 aliphatic heterocycles. The Bertz CT molecular complexity index is 683. The average Bonchev–Trinajstić information content (AvgIpc) is 2.54. The van der Waals surface area contributed by atoms with E-state index in [1.807, 2.05) is 11.8 Å². The second-order valence-electron chi connectivity index (χ2n) is 6.00. The van der Waals surface area contributed by atoms with Crippen LogP contribution in [0.25, 0.3) is 0 Å². The molecule has 2 rings (SSSR count). The smallest absolute Gasteiger partial charge is 0.251 e. The van der Waals surface area contributed by atoms with Gasteiger partial charge in [-0.25, -0.2) is 13.1 Å². The van der Waals surface area contributed by atoms with E-state index in [1.165, 1.54) is 19.2 Å². The summed E-state index contributed by atoms with van der Waals surface area (Å²) in [6.45, 7) is 3.48. The molecule has 1 aliphatic rings. The minimum absolute atomic E-state index is 0.0226. The van der Waals surface area contributed by atoms with Crippen molar-refractivity contribution in [2.24, 2.45) is 0 Å². The summed E-state index contributed by atoms with van der Waals surface area (Å²) in [6, 6.07) is 4.36. The summed E-state index contributed by atoms with van der Waals surface area (Å²) in [6.07, 6.45) is 1.87. The van der Waals surface area contributed by atoms with Gasteiger partial charge in [-0.15, -0.1) is 0 Å². The maximum Gasteiger partial charge on any atom is 0.251 e. The number of sulfonamides is 1. The molecular weight excluding hydrogens is 348 g/mol. The van der Waals surface area contributed by atoms with Gasteiger partial charge in [0.25, 0.3) is 5.91 Å². The van der Waals surface area contributed by atoms with Gasteiger partial charge in [-0.3, -0.25) is 4.79 Å². The molecule has 0 radical (unpaired) electrons. The fraction of sp³-hybridized carbons (Fsp3) is 0.562. The molecule has 0 bridgehead atoms. The molecule has 1 aromatic carbocycles. The molecule has 8 heteroatoms. The monoisotopic (exact) mass is 372 g/mol. The zero-order valence-electron chi connectivity index (χ0n) is 14.2. The number of nitrogens with one attached hydrogen (secondary N) is 2. The SMILES string of the molecule is COc1ccc(C(=O)NC2CCSCC2)cc1S(=O)(=O)NC(C)C. The summed E-state index contributed by atoms with van der Waals surface area (Å²) >= 11 is 1.88. The summed E-state index contributed by atoms with van der Waals surface area (Å²) < 4.78 is 32.6. The number of amides is 1. The van der Waals surface area contributed by atoms with Crippen molar-refractivity contribution in [1.29, 1.82) is 0 Å². The number of ether oxygens (including phenoxy) is 1. The van der Waals surface area contributed by atoms with E-state index >= 15 is 0 Å². The zero-order chi connectivity index (χ0) is 17.7. The number of benzene rings is 1. The summed E-state index contributed by atoms with van der Waals surface area (Å²) in [5.74, 6) is 2.03. The number of methoxy groups -OCH3 is 1. The van der Waals surface area contributed by atoms with E-state index in [4.69, 9.17) is 4.74 Å². The predicted octanol–water partition coefficient (Wildman–Crippen LogP) is 2.01. The Kier molecular flexibility index (Phi) is 6.54. The Labute approximate surface area is 147 Å². The van der Waals surface area contributed by atoms with Crippen LogP contribution in [0.2, 0.25) is 0 Å². The van der Waals surface area contributed by atoms with Gasteiger partial charge in [-0.1, -0.05) is 0 Å². The molecule has 2 N–H and O–H groups in total. The highest BCUT2D eigenvalue weighted by Crippen LogP contribution is 2.25. The molecule has 1 amide bonds. The third kappa shape index (κ3) is 4.87. The molecule has 0 aromatic heterocycles. The van der Waals surface area contributed by atoms with Crippen molar-refractivity contribution in [2.75, 3.05) is 18.6 Å². The van der Waals surface area contributed by atoms with Crippen LogP contribution in [-0.4, -0.2) is 45.0 Å². The quantitative estimate of drug-likeness (QED) is 0.798. The van der Waals surface area contributed by atoms with E-state index in [-0.39, 0.29) is 28.6 Å². The van der Waals surface area contributed by atoms with E-state index in [1.54, 1.807) is 19.9 Å². The van der Waals surface area contributed by atoms with Crippen LogP contribution >= 0.6 is 11.8 Å². The molecular formula is C16H24N2O4S2. The van der Waals surface area contributed by atoms with E-state index < -0.39 is 10.0 Å². The first kappa shape index (κ1) is 19.1. The van der Waals surface area contributed by atoms with E-state index in [0.717, 1.165) is 24.3 Å². The van der Waals surface area contributed by atoms with Crippen molar-refractivity contribution < 1.29 is 17.9 Å². The van der Waals surface area contributed by atoms with Gasteiger partial charge in [0.15, 0.2) is 0 Å². The number of rotatable bonds is 6. The average molecular weight is 373 g/mol. The Morgan fingerprint density at radius 1 is 1.29 bits per heavy atom. The highest BCUT2D eigenvalue weighted by Gasteiger charge is 2.23.